The summed E-state index contributed by atoms with van der Waals surface area (Å²) in [6.45, 7) is 7.37. The summed E-state index contributed by atoms with van der Waals surface area (Å²) in [4.78, 5) is 16.4. The SMILES string of the molecule is COc1cccc(Cc2nc(C)c(NC(=O)OC(C)(C)C)s2)c1. The van der Waals surface area contributed by atoms with Crippen molar-refractivity contribution in [3.05, 3.63) is 40.5 Å². The fourth-order valence-corrected chi connectivity index (χ4v) is 2.98. The smallest absolute Gasteiger partial charge is 0.412 e. The number of benzene rings is 1. The Morgan fingerprint density at radius 1 is 1.35 bits per heavy atom. The minimum absolute atomic E-state index is 0.461. The molecule has 23 heavy (non-hydrogen) atoms. The number of aryl methyl sites for hydroxylation is 1. The van der Waals surface area contributed by atoms with Crippen molar-refractivity contribution < 1.29 is 14.3 Å². The first-order chi connectivity index (χ1) is 10.8. The van der Waals surface area contributed by atoms with Crippen LogP contribution in [0.3, 0.4) is 0 Å². The highest BCUT2D eigenvalue weighted by Gasteiger charge is 2.18. The molecule has 1 aromatic carbocycles. The minimum Gasteiger partial charge on any atom is -0.497 e. The molecule has 0 aliphatic rings. The van der Waals surface area contributed by atoms with E-state index in [-0.39, 0.29) is 0 Å². The maximum atomic E-state index is 11.9. The Morgan fingerprint density at radius 2 is 2.09 bits per heavy atom. The third kappa shape index (κ3) is 5.25. The van der Waals surface area contributed by atoms with Gasteiger partial charge in [0.2, 0.25) is 0 Å². The van der Waals surface area contributed by atoms with Crippen LogP contribution < -0.4 is 10.1 Å². The van der Waals surface area contributed by atoms with Gasteiger partial charge >= 0.3 is 6.09 Å². The summed E-state index contributed by atoms with van der Waals surface area (Å²) in [5.74, 6) is 0.822. The van der Waals surface area contributed by atoms with Crippen LogP contribution in [-0.4, -0.2) is 23.8 Å². The molecule has 1 N–H and O–H groups in total. The summed E-state index contributed by atoms with van der Waals surface area (Å²) >= 11 is 1.46. The molecule has 0 radical (unpaired) electrons. The molecule has 1 amide bonds. The molecule has 1 aromatic heterocycles. The molecule has 124 valence electrons. The Kier molecular flexibility index (Phi) is 5.26. The van der Waals surface area contributed by atoms with E-state index >= 15 is 0 Å². The Balaban J connectivity index is 2.07. The van der Waals surface area contributed by atoms with Crippen LogP contribution in [0.5, 0.6) is 5.75 Å². The monoisotopic (exact) mass is 334 g/mol. The van der Waals surface area contributed by atoms with Crippen LogP contribution in [0.25, 0.3) is 0 Å². The minimum atomic E-state index is -0.522. The van der Waals surface area contributed by atoms with Gasteiger partial charge in [0.05, 0.1) is 17.8 Å². The Labute approximate surface area is 140 Å². The number of methoxy groups -OCH3 is 1. The van der Waals surface area contributed by atoms with Crippen LogP contribution in [0.4, 0.5) is 9.80 Å². The quantitative estimate of drug-likeness (QED) is 0.900. The van der Waals surface area contributed by atoms with Gasteiger partial charge in [-0.1, -0.05) is 12.1 Å². The van der Waals surface area contributed by atoms with Crippen molar-refractivity contribution in [3.8, 4) is 5.75 Å². The Morgan fingerprint density at radius 3 is 2.74 bits per heavy atom. The van der Waals surface area contributed by atoms with Crippen molar-refractivity contribution in [1.29, 1.82) is 0 Å². The number of carbonyl (C=O) groups excluding carboxylic acids is 1. The first kappa shape index (κ1) is 17.3. The molecular formula is C17H22N2O3S. The normalized spacial score (nSPS) is 11.2. The first-order valence-electron chi connectivity index (χ1n) is 7.36. The van der Waals surface area contributed by atoms with Crippen LogP contribution in [0.1, 0.15) is 37.0 Å². The van der Waals surface area contributed by atoms with Crippen LogP contribution in [-0.2, 0) is 11.2 Å². The number of thiazole rings is 1. The second kappa shape index (κ2) is 7.00. The summed E-state index contributed by atoms with van der Waals surface area (Å²) < 4.78 is 10.5. The van der Waals surface area contributed by atoms with Crippen molar-refractivity contribution in [1.82, 2.24) is 4.98 Å². The highest BCUT2D eigenvalue weighted by Crippen LogP contribution is 2.27. The van der Waals surface area contributed by atoms with Crippen molar-refractivity contribution in [2.75, 3.05) is 12.4 Å². The van der Waals surface area contributed by atoms with Gasteiger partial charge in [-0.15, -0.1) is 11.3 Å². The number of nitrogens with zero attached hydrogens (tertiary/aromatic N) is 1. The third-order valence-electron chi connectivity index (χ3n) is 2.94. The average molecular weight is 334 g/mol. The maximum Gasteiger partial charge on any atom is 0.412 e. The van der Waals surface area contributed by atoms with E-state index in [4.69, 9.17) is 9.47 Å². The Hall–Kier alpha value is -2.08. The molecule has 0 atom stereocenters. The number of carbonyl (C=O) groups is 1. The lowest BCUT2D eigenvalue weighted by Gasteiger charge is -2.19. The van der Waals surface area contributed by atoms with E-state index in [0.29, 0.717) is 6.42 Å². The first-order valence-corrected chi connectivity index (χ1v) is 8.18. The number of nitrogens with one attached hydrogen (secondary N) is 1. The summed E-state index contributed by atoms with van der Waals surface area (Å²) in [7, 11) is 1.65. The second-order valence-corrected chi connectivity index (χ2v) is 7.26. The van der Waals surface area contributed by atoms with Crippen LogP contribution in [0, 0.1) is 6.92 Å². The average Bonchev–Trinajstić information content (AvgIpc) is 2.76. The van der Waals surface area contributed by atoms with Crippen LogP contribution in [0.2, 0.25) is 0 Å². The summed E-state index contributed by atoms with van der Waals surface area (Å²) in [5, 5.41) is 4.42. The zero-order valence-electron chi connectivity index (χ0n) is 14.1. The molecule has 2 aromatic rings. The van der Waals surface area contributed by atoms with Crippen molar-refractivity contribution >= 4 is 22.4 Å². The lowest BCUT2D eigenvalue weighted by molar-refractivity contribution is 0.0636. The number of amides is 1. The lowest BCUT2D eigenvalue weighted by atomic mass is 10.1. The van der Waals surface area contributed by atoms with Gasteiger partial charge in [0.15, 0.2) is 0 Å². The number of hydrogen-bond acceptors (Lipinski definition) is 5. The van der Waals surface area contributed by atoms with Gasteiger partial charge in [-0.3, -0.25) is 5.32 Å². The molecule has 0 unspecified atom stereocenters. The topological polar surface area (TPSA) is 60.5 Å². The van der Waals surface area contributed by atoms with E-state index in [2.05, 4.69) is 10.3 Å². The fourth-order valence-electron chi connectivity index (χ4n) is 2.00. The van der Waals surface area contributed by atoms with Crippen molar-refractivity contribution in [2.45, 2.75) is 39.7 Å². The number of hydrogen-bond donors (Lipinski definition) is 1. The molecular weight excluding hydrogens is 312 g/mol. The van der Waals surface area contributed by atoms with Gasteiger partial charge in [0.25, 0.3) is 0 Å². The zero-order chi connectivity index (χ0) is 17.0. The van der Waals surface area contributed by atoms with E-state index in [1.165, 1.54) is 11.3 Å². The van der Waals surface area contributed by atoms with E-state index in [1.54, 1.807) is 7.11 Å². The molecule has 0 saturated heterocycles. The number of ether oxygens (including phenoxy) is 2. The molecule has 2 rings (SSSR count). The molecule has 0 aliphatic carbocycles. The van der Waals surface area contributed by atoms with Crippen LogP contribution in [0.15, 0.2) is 24.3 Å². The number of aromatic nitrogens is 1. The zero-order valence-corrected chi connectivity index (χ0v) is 14.9. The van der Waals surface area contributed by atoms with Gasteiger partial charge in [-0.05, 0) is 45.4 Å². The molecule has 0 spiro atoms. The highest BCUT2D eigenvalue weighted by atomic mass is 32.1. The van der Waals surface area contributed by atoms with Crippen molar-refractivity contribution in [3.63, 3.8) is 0 Å². The number of rotatable bonds is 4. The molecule has 0 saturated carbocycles. The standard InChI is InChI=1S/C17H22N2O3S/c1-11-15(19-16(20)22-17(2,3)4)23-14(18-11)10-12-7-6-8-13(9-12)21-5/h6-9H,10H2,1-5H3,(H,19,20). The van der Waals surface area contributed by atoms with Crippen molar-refractivity contribution in [2.24, 2.45) is 0 Å². The fraction of sp³-hybridized carbons (Fsp3) is 0.412. The predicted molar refractivity (Wildman–Crippen MR) is 92.5 cm³/mol. The van der Waals surface area contributed by atoms with E-state index in [0.717, 1.165) is 27.0 Å². The molecule has 6 heteroatoms. The van der Waals surface area contributed by atoms with Gasteiger partial charge in [-0.2, -0.15) is 0 Å². The Bertz CT molecular complexity index is 689. The largest absolute Gasteiger partial charge is 0.497 e. The molecule has 0 fully saturated rings. The van der Waals surface area contributed by atoms with E-state index in [1.807, 2.05) is 52.0 Å². The van der Waals surface area contributed by atoms with E-state index in [9.17, 15) is 4.79 Å². The van der Waals surface area contributed by atoms with Crippen LogP contribution >= 0.6 is 11.3 Å². The molecule has 1 heterocycles. The number of anilines is 1. The molecule has 0 bridgehead atoms. The highest BCUT2D eigenvalue weighted by molar-refractivity contribution is 7.16. The van der Waals surface area contributed by atoms with Gasteiger partial charge in [0, 0.05) is 6.42 Å². The van der Waals surface area contributed by atoms with Gasteiger partial charge in [0.1, 0.15) is 16.4 Å². The summed E-state index contributed by atoms with van der Waals surface area (Å²) in [6.07, 6.45) is 0.232. The molecule has 0 aliphatic heterocycles. The summed E-state index contributed by atoms with van der Waals surface area (Å²) in [5.41, 5.74) is 1.38. The van der Waals surface area contributed by atoms with E-state index < -0.39 is 11.7 Å². The second-order valence-electron chi connectivity index (χ2n) is 6.18. The molecule has 5 nitrogen and oxygen atoms in total. The maximum absolute atomic E-state index is 11.9. The third-order valence-corrected chi connectivity index (χ3v) is 4.02. The van der Waals surface area contributed by atoms with Gasteiger partial charge in [-0.25, -0.2) is 9.78 Å². The van der Waals surface area contributed by atoms with Gasteiger partial charge < -0.3 is 9.47 Å². The summed E-state index contributed by atoms with van der Waals surface area (Å²) in [6, 6.07) is 7.87. The predicted octanol–water partition coefficient (Wildman–Crippen LogP) is 4.40. The lowest BCUT2D eigenvalue weighted by Crippen LogP contribution is -2.27.